The van der Waals surface area contributed by atoms with Crippen LogP contribution in [0.4, 0.5) is 0 Å². The Morgan fingerprint density at radius 2 is 0.441 bits per heavy atom. The molecule has 4 N–H and O–H groups in total. The molecular formula is C51H113O13P3Ti. The summed E-state index contributed by atoms with van der Waals surface area (Å²) >= 11 is 0. The van der Waals surface area contributed by atoms with Crippen molar-refractivity contribution in [2.45, 2.75) is 257 Å². The van der Waals surface area contributed by atoms with Crippen LogP contribution in [0.25, 0.3) is 0 Å². The summed E-state index contributed by atoms with van der Waals surface area (Å²) in [4.78, 5) is 29.3. The minimum atomic E-state index is -3.89. The van der Waals surface area contributed by atoms with Gasteiger partial charge in [-0.1, -0.05) is 199 Å². The van der Waals surface area contributed by atoms with Crippen LogP contribution in [0.15, 0.2) is 0 Å². The van der Waals surface area contributed by atoms with E-state index < -0.39 is 23.5 Å². The monoisotopic (exact) mass is 1070 g/mol. The van der Waals surface area contributed by atoms with Gasteiger partial charge in [0.15, 0.2) is 0 Å². The number of hydrogen-bond donors (Lipinski definition) is 4. The first-order valence-corrected chi connectivity index (χ1v) is 31.7. The van der Waals surface area contributed by atoms with E-state index in [1.54, 1.807) is 13.8 Å². The predicted octanol–water partition coefficient (Wildman–Crippen LogP) is 17.0. The molecule has 0 aromatic carbocycles. The second-order valence-corrected chi connectivity index (χ2v) is 23.1. The maximum atomic E-state index is 11.9. The second-order valence-electron chi connectivity index (χ2n) is 18.8. The molecule has 414 valence electrons. The Morgan fingerprint density at radius 3 is 0.529 bits per heavy atom. The van der Waals surface area contributed by atoms with E-state index in [0.29, 0.717) is 75.1 Å². The molecule has 0 aromatic heterocycles. The van der Waals surface area contributed by atoms with Crippen molar-refractivity contribution in [3.63, 3.8) is 0 Å². The van der Waals surface area contributed by atoms with E-state index in [0.717, 1.165) is 154 Å². The first-order chi connectivity index (χ1) is 31.7. The van der Waals surface area contributed by atoms with E-state index >= 15 is 0 Å². The zero-order valence-electron chi connectivity index (χ0n) is 46.6. The zero-order chi connectivity index (χ0) is 52.0. The van der Waals surface area contributed by atoms with E-state index in [9.17, 15) is 28.4 Å². The minimum absolute atomic E-state index is 0. The molecule has 68 heavy (non-hydrogen) atoms. The molecule has 17 heteroatoms. The number of aliphatic hydroxyl groups is 1. The molecule has 0 saturated carbocycles. The van der Waals surface area contributed by atoms with E-state index in [2.05, 4.69) is 83.1 Å². The number of hydrogen-bond acceptors (Lipinski definition) is 10. The molecule has 0 fully saturated rings. The summed E-state index contributed by atoms with van der Waals surface area (Å²) < 4.78 is 66.7. The van der Waals surface area contributed by atoms with Crippen molar-refractivity contribution < 1.29 is 82.3 Å². The number of rotatable bonds is 42. The van der Waals surface area contributed by atoms with Crippen molar-refractivity contribution in [1.29, 1.82) is 0 Å². The molecule has 0 amide bonds. The molecule has 6 atom stereocenters. The molecule has 13 nitrogen and oxygen atoms in total. The van der Waals surface area contributed by atoms with Crippen molar-refractivity contribution in [2.24, 2.45) is 35.5 Å². The third-order valence-corrected chi connectivity index (χ3v) is 15.0. The molecule has 0 aromatic rings. The second kappa shape index (κ2) is 52.9. The van der Waals surface area contributed by atoms with Crippen LogP contribution in [-0.4, -0.2) is 65.5 Å². The van der Waals surface area contributed by atoms with Crippen LogP contribution in [-0.2, 0) is 62.6 Å². The molecule has 0 radical (unpaired) electrons. The van der Waals surface area contributed by atoms with E-state index in [4.69, 9.17) is 32.2 Å². The Balaban J connectivity index is -0.000000278. The van der Waals surface area contributed by atoms with Gasteiger partial charge in [0.05, 0.1) is 39.6 Å². The Labute approximate surface area is 436 Å². The predicted molar refractivity (Wildman–Crippen MR) is 282 cm³/mol. The smallest absolute Gasteiger partial charge is 0.394 e. The van der Waals surface area contributed by atoms with Gasteiger partial charge in [-0.3, -0.25) is 27.1 Å². The number of phosphoric acid groups is 3. The van der Waals surface area contributed by atoms with Gasteiger partial charge >= 0.3 is 23.5 Å². The number of aliphatic hydroxyl groups excluding tert-OH is 1. The largest absolute Gasteiger partial charge is 0.472 e. The summed E-state index contributed by atoms with van der Waals surface area (Å²) in [7, 11) is -11.7. The van der Waals surface area contributed by atoms with Crippen molar-refractivity contribution in [3.8, 4) is 0 Å². The standard InChI is InChI=1S/3C16H35O4P.C3H8O.Ti/c3*1-5-9-11-15(7-3)13-19-21(17,18)20-14-16(8-4)12-10-6-2;1-3(2)4;/h3*15-16H,5-14H2,1-4H3,(H,17,18);3-4H,1-2H3;. The van der Waals surface area contributed by atoms with Crippen LogP contribution in [0.3, 0.4) is 0 Å². The van der Waals surface area contributed by atoms with Crippen molar-refractivity contribution in [1.82, 2.24) is 0 Å². The van der Waals surface area contributed by atoms with Crippen molar-refractivity contribution >= 4 is 23.5 Å². The molecule has 0 saturated heterocycles. The first kappa shape index (κ1) is 77.9. The molecule has 0 heterocycles. The van der Waals surface area contributed by atoms with Gasteiger partial charge in [-0.15, -0.1) is 0 Å². The molecular weight excluding hydrogens is 961 g/mol. The van der Waals surface area contributed by atoms with Crippen LogP contribution in [0, 0.1) is 35.5 Å². The summed E-state index contributed by atoms with van der Waals surface area (Å²) in [5.41, 5.74) is 0. The van der Waals surface area contributed by atoms with Gasteiger partial charge < -0.3 is 19.8 Å². The normalized spacial score (nSPS) is 16.6. The van der Waals surface area contributed by atoms with Gasteiger partial charge in [0.2, 0.25) is 0 Å². The van der Waals surface area contributed by atoms with E-state index in [-0.39, 0.29) is 27.8 Å². The van der Waals surface area contributed by atoms with Gasteiger partial charge in [0.1, 0.15) is 0 Å². The van der Waals surface area contributed by atoms with Gasteiger partial charge in [-0.25, -0.2) is 13.7 Å². The third-order valence-electron chi connectivity index (χ3n) is 12.1. The first-order valence-electron chi connectivity index (χ1n) is 27.2. The van der Waals surface area contributed by atoms with Gasteiger partial charge in [0.25, 0.3) is 0 Å². The number of unbranched alkanes of at least 4 members (excludes halogenated alkanes) is 6. The van der Waals surface area contributed by atoms with Crippen molar-refractivity contribution in [2.75, 3.05) is 39.6 Å². The van der Waals surface area contributed by atoms with Crippen LogP contribution in [0.1, 0.15) is 251 Å². The Bertz CT molecular complexity index is 965. The van der Waals surface area contributed by atoms with Crippen LogP contribution < -0.4 is 0 Å². The summed E-state index contributed by atoms with van der Waals surface area (Å²) in [5, 5.41) is 8.06. The summed E-state index contributed by atoms with van der Waals surface area (Å²) in [6.45, 7) is 30.8. The minimum Gasteiger partial charge on any atom is -0.394 e. The summed E-state index contributed by atoms with van der Waals surface area (Å²) in [6.07, 6.45) is 25.5. The van der Waals surface area contributed by atoms with Crippen molar-refractivity contribution in [3.05, 3.63) is 0 Å². The molecule has 0 aliphatic carbocycles. The fourth-order valence-corrected chi connectivity index (χ4v) is 9.32. The fraction of sp³-hybridized carbons (Fsp3) is 1.00. The van der Waals surface area contributed by atoms with Crippen LogP contribution in [0.5, 0.6) is 0 Å². The Hall–Kier alpha value is 1.00. The average molecular weight is 1080 g/mol. The topological polar surface area (TPSA) is 188 Å². The van der Waals surface area contributed by atoms with Crippen LogP contribution in [0.2, 0.25) is 0 Å². The Kier molecular flexibility index (Phi) is 60.5. The van der Waals surface area contributed by atoms with Gasteiger partial charge in [0, 0.05) is 27.8 Å². The zero-order valence-corrected chi connectivity index (χ0v) is 50.8. The SMILES string of the molecule is CC(C)O.CCCCC(CC)COP(=O)(O)OCC(CC)CCCC.CCCCC(CC)COP(=O)(O)OCC(CC)CCCC.CCCCC(CC)COP(=O)(O)OCC(CC)CCCC.[Ti]. The summed E-state index contributed by atoms with van der Waals surface area (Å²) in [5.74, 6) is 2.06. The van der Waals surface area contributed by atoms with E-state index in [1.165, 1.54) is 0 Å². The van der Waals surface area contributed by atoms with Gasteiger partial charge in [-0.05, 0) is 87.9 Å². The van der Waals surface area contributed by atoms with Gasteiger partial charge in [-0.2, -0.15) is 0 Å². The Morgan fingerprint density at radius 1 is 0.324 bits per heavy atom. The average Bonchev–Trinajstić information content (AvgIpc) is 3.29. The fourth-order valence-electron chi connectivity index (χ4n) is 6.70. The summed E-state index contributed by atoms with van der Waals surface area (Å²) in [6, 6.07) is 0. The molecule has 0 rings (SSSR count). The molecule has 0 bridgehead atoms. The quantitative estimate of drug-likeness (QED) is 0.0334. The van der Waals surface area contributed by atoms with Crippen LogP contribution >= 0.6 is 23.5 Å². The maximum absolute atomic E-state index is 11.9. The maximum Gasteiger partial charge on any atom is 0.472 e. The molecule has 0 spiro atoms. The molecule has 0 aliphatic rings. The van der Waals surface area contributed by atoms with E-state index in [1.807, 2.05) is 0 Å². The number of phosphoric ester groups is 3. The third kappa shape index (κ3) is 54.8. The molecule has 6 unspecified atom stereocenters. The molecule has 0 aliphatic heterocycles.